The quantitative estimate of drug-likeness (QED) is 0.824. The molecule has 0 bridgehead atoms. The molecule has 0 aliphatic rings. The topological polar surface area (TPSA) is 77.5 Å². The molecule has 100 valence electrons. The first-order chi connectivity index (χ1) is 8.43. The standard InChI is InChI=1S/C11H16N2O4S/c1-6(2)17-10(15)9-7(3)12-11(18-9)13-8(14)5-16-4/h6H,5H2,1-4H3,(H,12,13,14). The summed E-state index contributed by atoms with van der Waals surface area (Å²) in [6.45, 7) is 5.19. The molecule has 6 nitrogen and oxygen atoms in total. The first-order valence-electron chi connectivity index (χ1n) is 5.41. The van der Waals surface area contributed by atoms with E-state index < -0.39 is 5.97 Å². The Balaban J connectivity index is 2.75. The number of hydrogen-bond acceptors (Lipinski definition) is 6. The van der Waals surface area contributed by atoms with Crippen molar-refractivity contribution in [1.82, 2.24) is 4.98 Å². The highest BCUT2D eigenvalue weighted by Crippen LogP contribution is 2.23. The van der Waals surface area contributed by atoms with Crippen molar-refractivity contribution in [2.24, 2.45) is 0 Å². The van der Waals surface area contributed by atoms with Crippen LogP contribution in [0.2, 0.25) is 0 Å². The average Bonchev–Trinajstić information content (AvgIpc) is 2.58. The summed E-state index contributed by atoms with van der Waals surface area (Å²) in [4.78, 5) is 27.5. The number of nitrogens with zero attached hydrogens (tertiary/aromatic N) is 1. The van der Waals surface area contributed by atoms with Crippen LogP contribution in [-0.2, 0) is 14.3 Å². The van der Waals surface area contributed by atoms with Crippen LogP contribution in [-0.4, -0.2) is 36.7 Å². The largest absolute Gasteiger partial charge is 0.459 e. The number of ether oxygens (including phenoxy) is 2. The summed E-state index contributed by atoms with van der Waals surface area (Å²) in [5.74, 6) is -0.734. The number of nitrogens with one attached hydrogen (secondary N) is 1. The van der Waals surface area contributed by atoms with E-state index in [0.717, 1.165) is 11.3 Å². The lowest BCUT2D eigenvalue weighted by Crippen LogP contribution is -2.16. The van der Waals surface area contributed by atoms with Gasteiger partial charge in [-0.3, -0.25) is 10.1 Å². The summed E-state index contributed by atoms with van der Waals surface area (Å²) in [5, 5.41) is 2.91. The molecule has 1 amide bonds. The predicted molar refractivity (Wildman–Crippen MR) is 67.9 cm³/mol. The van der Waals surface area contributed by atoms with Crippen LogP contribution in [0.5, 0.6) is 0 Å². The number of amides is 1. The van der Waals surface area contributed by atoms with Gasteiger partial charge in [0.05, 0.1) is 11.8 Å². The Bertz CT molecular complexity index is 442. The molecule has 1 heterocycles. The van der Waals surface area contributed by atoms with Crippen molar-refractivity contribution in [2.45, 2.75) is 26.9 Å². The highest BCUT2D eigenvalue weighted by atomic mass is 32.1. The minimum Gasteiger partial charge on any atom is -0.459 e. The van der Waals surface area contributed by atoms with Crippen molar-refractivity contribution >= 4 is 28.3 Å². The van der Waals surface area contributed by atoms with Crippen LogP contribution >= 0.6 is 11.3 Å². The van der Waals surface area contributed by atoms with E-state index in [1.54, 1.807) is 20.8 Å². The highest BCUT2D eigenvalue weighted by molar-refractivity contribution is 7.17. The molecule has 0 unspecified atom stereocenters. The van der Waals surface area contributed by atoms with E-state index >= 15 is 0 Å². The fourth-order valence-electron chi connectivity index (χ4n) is 1.19. The van der Waals surface area contributed by atoms with Crippen LogP contribution in [0.1, 0.15) is 29.2 Å². The lowest BCUT2D eigenvalue weighted by Gasteiger charge is -2.05. The SMILES string of the molecule is COCC(=O)Nc1nc(C)c(C(=O)OC(C)C)s1. The lowest BCUT2D eigenvalue weighted by molar-refractivity contribution is -0.119. The number of methoxy groups -OCH3 is 1. The van der Waals surface area contributed by atoms with Gasteiger partial charge >= 0.3 is 5.97 Å². The van der Waals surface area contributed by atoms with Gasteiger partial charge in [0.1, 0.15) is 11.5 Å². The molecule has 1 rings (SSSR count). The van der Waals surface area contributed by atoms with Crippen LogP contribution in [0.15, 0.2) is 0 Å². The van der Waals surface area contributed by atoms with Gasteiger partial charge in [-0.2, -0.15) is 0 Å². The highest BCUT2D eigenvalue weighted by Gasteiger charge is 2.18. The Morgan fingerprint density at radius 1 is 1.44 bits per heavy atom. The van der Waals surface area contributed by atoms with Crippen LogP contribution in [0, 0.1) is 6.92 Å². The van der Waals surface area contributed by atoms with Crippen LogP contribution < -0.4 is 5.32 Å². The van der Waals surface area contributed by atoms with Gasteiger partial charge < -0.3 is 9.47 Å². The summed E-state index contributed by atoms with van der Waals surface area (Å²) in [6.07, 6.45) is -0.189. The zero-order valence-corrected chi connectivity index (χ0v) is 11.6. The van der Waals surface area contributed by atoms with Crippen molar-refractivity contribution in [3.63, 3.8) is 0 Å². The first kappa shape index (κ1) is 14.6. The van der Waals surface area contributed by atoms with Gasteiger partial charge in [0, 0.05) is 7.11 Å². The molecule has 0 saturated carbocycles. The van der Waals surface area contributed by atoms with E-state index in [4.69, 9.17) is 4.74 Å². The van der Waals surface area contributed by atoms with Crippen molar-refractivity contribution in [3.05, 3.63) is 10.6 Å². The zero-order chi connectivity index (χ0) is 13.7. The molecular weight excluding hydrogens is 256 g/mol. The fourth-order valence-corrected chi connectivity index (χ4v) is 2.06. The third-order valence-corrected chi connectivity index (χ3v) is 2.90. The molecule has 0 spiro atoms. The Kier molecular flexibility index (Phi) is 5.24. The third kappa shape index (κ3) is 4.08. The Labute approximate surface area is 109 Å². The van der Waals surface area contributed by atoms with Gasteiger partial charge in [-0.15, -0.1) is 0 Å². The normalized spacial score (nSPS) is 10.5. The maximum absolute atomic E-state index is 11.7. The van der Waals surface area contributed by atoms with Crippen molar-refractivity contribution in [3.8, 4) is 0 Å². The molecular formula is C11H16N2O4S. The molecule has 1 aromatic heterocycles. The number of rotatable bonds is 5. The smallest absolute Gasteiger partial charge is 0.350 e. The maximum Gasteiger partial charge on any atom is 0.350 e. The average molecular weight is 272 g/mol. The Morgan fingerprint density at radius 3 is 2.67 bits per heavy atom. The summed E-state index contributed by atoms with van der Waals surface area (Å²) in [7, 11) is 1.43. The van der Waals surface area contributed by atoms with E-state index in [1.807, 2.05) is 0 Å². The molecule has 7 heteroatoms. The molecule has 0 aliphatic carbocycles. The van der Waals surface area contributed by atoms with E-state index in [9.17, 15) is 9.59 Å². The number of carbonyl (C=O) groups is 2. The monoisotopic (exact) mass is 272 g/mol. The summed E-state index contributed by atoms with van der Waals surface area (Å²) in [6, 6.07) is 0. The van der Waals surface area contributed by atoms with Gasteiger partial charge in [-0.05, 0) is 20.8 Å². The van der Waals surface area contributed by atoms with Gasteiger partial charge in [-0.25, -0.2) is 9.78 Å². The van der Waals surface area contributed by atoms with Crippen molar-refractivity contribution in [2.75, 3.05) is 19.0 Å². The number of aromatic nitrogens is 1. The van der Waals surface area contributed by atoms with Gasteiger partial charge in [0.2, 0.25) is 0 Å². The number of carbonyl (C=O) groups excluding carboxylic acids is 2. The molecule has 0 atom stereocenters. The molecule has 1 N–H and O–H groups in total. The molecule has 0 radical (unpaired) electrons. The van der Waals surface area contributed by atoms with Crippen LogP contribution in [0.3, 0.4) is 0 Å². The van der Waals surface area contributed by atoms with Crippen LogP contribution in [0.25, 0.3) is 0 Å². The van der Waals surface area contributed by atoms with Gasteiger partial charge in [0.15, 0.2) is 5.13 Å². The third-order valence-electron chi connectivity index (χ3n) is 1.85. The lowest BCUT2D eigenvalue weighted by atomic mass is 10.4. The van der Waals surface area contributed by atoms with Crippen LogP contribution in [0.4, 0.5) is 5.13 Å². The molecule has 0 fully saturated rings. The second-order valence-electron chi connectivity index (χ2n) is 3.87. The minimum atomic E-state index is -0.424. The summed E-state index contributed by atoms with van der Waals surface area (Å²) >= 11 is 1.09. The number of esters is 1. The summed E-state index contributed by atoms with van der Waals surface area (Å²) in [5.41, 5.74) is 0.540. The number of anilines is 1. The molecule has 0 aliphatic heterocycles. The number of hydrogen-bond donors (Lipinski definition) is 1. The number of aryl methyl sites for hydroxylation is 1. The second-order valence-corrected chi connectivity index (χ2v) is 4.87. The molecule has 1 aromatic rings. The Morgan fingerprint density at radius 2 is 2.11 bits per heavy atom. The zero-order valence-electron chi connectivity index (χ0n) is 10.8. The minimum absolute atomic E-state index is 0.0512. The van der Waals surface area contributed by atoms with Crippen molar-refractivity contribution < 1.29 is 19.1 Å². The van der Waals surface area contributed by atoms with E-state index in [0.29, 0.717) is 15.7 Å². The first-order valence-corrected chi connectivity index (χ1v) is 6.23. The van der Waals surface area contributed by atoms with Gasteiger partial charge in [-0.1, -0.05) is 11.3 Å². The van der Waals surface area contributed by atoms with E-state index in [-0.39, 0.29) is 18.6 Å². The molecule has 0 aromatic carbocycles. The van der Waals surface area contributed by atoms with E-state index in [1.165, 1.54) is 7.11 Å². The predicted octanol–water partition coefficient (Wildman–Crippen LogP) is 1.60. The second kappa shape index (κ2) is 6.46. The van der Waals surface area contributed by atoms with Gasteiger partial charge in [0.25, 0.3) is 5.91 Å². The Hall–Kier alpha value is -1.47. The number of thiazole rings is 1. The molecule has 18 heavy (non-hydrogen) atoms. The summed E-state index contributed by atoms with van der Waals surface area (Å²) < 4.78 is 9.76. The fraction of sp³-hybridized carbons (Fsp3) is 0.545. The van der Waals surface area contributed by atoms with E-state index in [2.05, 4.69) is 15.0 Å². The van der Waals surface area contributed by atoms with Crippen molar-refractivity contribution in [1.29, 1.82) is 0 Å². The molecule has 0 saturated heterocycles. The maximum atomic E-state index is 11.7.